The molecule has 17 heteroatoms. The van der Waals surface area contributed by atoms with Crippen molar-refractivity contribution in [3.63, 3.8) is 0 Å². The van der Waals surface area contributed by atoms with Gasteiger partial charge in [0.2, 0.25) is 0 Å². The Morgan fingerprint density at radius 3 is 2.59 bits per heavy atom. The zero-order valence-electron chi connectivity index (χ0n) is 24.0. The van der Waals surface area contributed by atoms with E-state index in [4.69, 9.17) is 19.9 Å². The fourth-order valence-electron chi connectivity index (χ4n) is 4.45. The number of ketones is 1. The van der Waals surface area contributed by atoms with Crippen LogP contribution in [0.1, 0.15) is 51.4 Å². The van der Waals surface area contributed by atoms with Crippen molar-refractivity contribution in [2.75, 3.05) is 12.3 Å². The molecule has 44 heavy (non-hydrogen) atoms. The van der Waals surface area contributed by atoms with Crippen LogP contribution in [-0.2, 0) is 40.3 Å². The molecule has 0 spiro atoms. The van der Waals surface area contributed by atoms with E-state index < -0.39 is 64.4 Å². The number of unbranched alkanes of at least 4 members (excludes halogenated alkanes) is 1. The number of fused-ring (bicyclic) bond motifs is 1. The van der Waals surface area contributed by atoms with E-state index in [9.17, 15) is 27.9 Å². The molecule has 3 aromatic rings. The minimum Gasteiger partial charge on any atom is -0.489 e. The molecule has 2 atom stereocenters. The normalized spacial score (nSPS) is 17.3. The highest BCUT2D eigenvalue weighted by Gasteiger charge is 2.57. The summed E-state index contributed by atoms with van der Waals surface area (Å²) in [6.07, 6.45) is 0.832. The molecule has 1 aliphatic rings. The maximum absolute atomic E-state index is 13.3. The van der Waals surface area contributed by atoms with Gasteiger partial charge in [-0.1, -0.05) is 24.6 Å². The number of carbonyl (C=O) groups is 3. The van der Waals surface area contributed by atoms with Crippen LogP contribution in [-0.4, -0.2) is 74.7 Å². The number of hydroxylamine groups is 2. The summed E-state index contributed by atoms with van der Waals surface area (Å²) in [5.41, 5.74) is 5.73. The highest BCUT2D eigenvalue weighted by molar-refractivity contribution is 7.80. The molecule has 1 aliphatic heterocycles. The Morgan fingerprint density at radius 1 is 1.23 bits per heavy atom. The number of pyridine rings is 1. The third-order valence-electron chi connectivity index (χ3n) is 6.91. The number of benzene rings is 1. The highest BCUT2D eigenvalue weighted by Crippen LogP contribution is 2.40. The molecule has 0 bridgehead atoms. The minimum atomic E-state index is -4.98. The molecule has 1 amide bonds. The average molecular weight is 650 g/mol. The summed E-state index contributed by atoms with van der Waals surface area (Å²) >= 11 is 0.992. The summed E-state index contributed by atoms with van der Waals surface area (Å²) in [6, 6.07) is 8.98. The zero-order valence-corrected chi connectivity index (χ0v) is 25.6. The lowest BCUT2D eigenvalue weighted by atomic mass is 9.74. The number of nitrogens with zero attached hydrogens (tertiary/aromatic N) is 4. The van der Waals surface area contributed by atoms with Crippen LogP contribution >= 0.6 is 11.3 Å². The number of aryl methyl sites for hydroxylation is 1. The summed E-state index contributed by atoms with van der Waals surface area (Å²) in [5, 5.41) is 16.3. The van der Waals surface area contributed by atoms with Crippen LogP contribution in [0.4, 0.5) is 5.13 Å². The molecule has 0 aliphatic carbocycles. The SMILES string of the molecule is CCCCc1ccc2cc(OC[C@H](O/N=C(\C(=O)CC3C(=O)N(OS(=O)(=O)O)C3(C)C)c3csc(N)n3)C(=O)O)ccc2n1. The van der Waals surface area contributed by atoms with Crippen molar-refractivity contribution in [2.24, 2.45) is 11.1 Å². The number of hydrogen-bond donors (Lipinski definition) is 3. The van der Waals surface area contributed by atoms with Gasteiger partial charge in [-0.25, -0.2) is 9.78 Å². The largest absolute Gasteiger partial charge is 0.489 e. The number of anilines is 1. The molecular weight excluding hydrogens is 618 g/mol. The molecule has 2 aromatic heterocycles. The Balaban J connectivity index is 1.48. The average Bonchev–Trinajstić information content (AvgIpc) is 3.39. The molecule has 236 valence electrons. The second kappa shape index (κ2) is 13.2. The lowest BCUT2D eigenvalue weighted by Gasteiger charge is -2.50. The van der Waals surface area contributed by atoms with Crippen molar-refractivity contribution >= 4 is 61.1 Å². The molecule has 4 rings (SSSR count). The number of nitrogens with two attached hydrogens (primary N) is 1. The number of aromatic nitrogens is 2. The van der Waals surface area contributed by atoms with E-state index >= 15 is 0 Å². The summed E-state index contributed by atoms with van der Waals surface area (Å²) in [7, 11) is -4.98. The Labute approximate surface area is 256 Å². The second-order valence-corrected chi connectivity index (χ2v) is 12.4. The third kappa shape index (κ3) is 7.65. The minimum absolute atomic E-state index is 0.0153. The van der Waals surface area contributed by atoms with Crippen LogP contribution in [0.15, 0.2) is 40.9 Å². The van der Waals surface area contributed by atoms with Crippen LogP contribution in [0.2, 0.25) is 0 Å². The lowest BCUT2D eigenvalue weighted by molar-refractivity contribution is -0.228. The number of rotatable bonds is 15. The van der Waals surface area contributed by atoms with Gasteiger partial charge >= 0.3 is 16.4 Å². The molecule has 1 saturated heterocycles. The number of nitrogen functional groups attached to an aromatic ring is 1. The van der Waals surface area contributed by atoms with E-state index in [0.29, 0.717) is 10.8 Å². The number of thiazole rings is 1. The molecule has 1 unspecified atom stereocenters. The van der Waals surface area contributed by atoms with E-state index in [-0.39, 0.29) is 10.8 Å². The van der Waals surface area contributed by atoms with Crippen LogP contribution < -0.4 is 10.5 Å². The van der Waals surface area contributed by atoms with Crippen LogP contribution in [0.25, 0.3) is 10.9 Å². The third-order valence-corrected chi connectivity index (χ3v) is 7.93. The molecule has 3 heterocycles. The van der Waals surface area contributed by atoms with Crippen molar-refractivity contribution in [3.8, 4) is 5.75 Å². The van der Waals surface area contributed by atoms with Crippen molar-refractivity contribution in [1.29, 1.82) is 0 Å². The summed E-state index contributed by atoms with van der Waals surface area (Å²) in [4.78, 5) is 51.7. The van der Waals surface area contributed by atoms with Crippen molar-refractivity contribution in [1.82, 2.24) is 15.0 Å². The number of oxime groups is 1. The van der Waals surface area contributed by atoms with Crippen molar-refractivity contribution in [3.05, 3.63) is 47.1 Å². The maximum Gasteiger partial charge on any atom is 0.418 e. The molecular formula is C27H31N5O10S2. The number of carboxylic acid groups (broad SMARTS) is 1. The van der Waals surface area contributed by atoms with Gasteiger partial charge in [0.15, 0.2) is 16.6 Å². The van der Waals surface area contributed by atoms with Crippen molar-refractivity contribution in [2.45, 2.75) is 58.1 Å². The van der Waals surface area contributed by atoms with E-state index in [1.807, 2.05) is 12.1 Å². The molecule has 1 fully saturated rings. The fourth-order valence-corrected chi connectivity index (χ4v) is 5.46. The van der Waals surface area contributed by atoms with Gasteiger partial charge in [0, 0.05) is 22.9 Å². The van der Waals surface area contributed by atoms with E-state index in [1.165, 1.54) is 19.2 Å². The van der Waals surface area contributed by atoms with Gasteiger partial charge in [-0.05, 0) is 51.0 Å². The van der Waals surface area contributed by atoms with Gasteiger partial charge in [-0.2, -0.15) is 13.5 Å². The Kier molecular flexibility index (Phi) is 9.82. The predicted molar refractivity (Wildman–Crippen MR) is 158 cm³/mol. The van der Waals surface area contributed by atoms with Gasteiger partial charge in [0.1, 0.15) is 18.1 Å². The smallest absolute Gasteiger partial charge is 0.418 e. The number of Topliss-reactive ketones (excluding diaryl/α,β-unsaturated/α-hetero) is 1. The second-order valence-electron chi connectivity index (χ2n) is 10.5. The van der Waals surface area contributed by atoms with Crippen LogP contribution in [0.3, 0.4) is 0 Å². The van der Waals surface area contributed by atoms with E-state index in [0.717, 1.165) is 47.2 Å². The van der Waals surface area contributed by atoms with Crippen LogP contribution in [0, 0.1) is 5.92 Å². The predicted octanol–water partition coefficient (Wildman–Crippen LogP) is 2.80. The first-order valence-electron chi connectivity index (χ1n) is 13.4. The number of ether oxygens (including phenoxy) is 1. The van der Waals surface area contributed by atoms with Crippen LogP contribution in [0.5, 0.6) is 5.75 Å². The van der Waals surface area contributed by atoms with E-state index in [1.54, 1.807) is 18.2 Å². The van der Waals surface area contributed by atoms with Gasteiger partial charge in [-0.15, -0.1) is 15.6 Å². The summed E-state index contributed by atoms with van der Waals surface area (Å²) in [6.45, 7) is 4.50. The van der Waals surface area contributed by atoms with Gasteiger partial charge in [0.05, 0.1) is 17.0 Å². The monoisotopic (exact) mass is 649 g/mol. The molecule has 15 nitrogen and oxygen atoms in total. The standard InChI is InChI=1S/C27H31N5O10S2/c1-4-5-6-16-8-7-15-11-17(9-10-19(15)29-16)40-13-22(25(35)36)41-31-23(20-14-43-26(28)30-20)21(33)12-18-24(34)32(27(18,2)3)42-44(37,38)39/h7-11,14,18,22H,4-6,12-13H2,1-3H3,(H2,28,30)(H,35,36)(H,37,38,39)/b31-23-/t18?,22-/m0/s1. The molecule has 0 radical (unpaired) electrons. The number of carbonyl (C=O) groups excluding carboxylic acids is 2. The number of hydrogen-bond acceptors (Lipinski definition) is 13. The Bertz CT molecular complexity index is 1710. The quantitative estimate of drug-likeness (QED) is 0.0934. The number of amides is 1. The first-order chi connectivity index (χ1) is 20.7. The molecule has 4 N–H and O–H groups in total. The first-order valence-corrected chi connectivity index (χ1v) is 15.7. The first kappa shape index (κ1) is 32.7. The number of carboxylic acids is 1. The zero-order chi connectivity index (χ0) is 32.2. The number of aliphatic carboxylic acids is 1. The number of β-lactam (4-membered cyclic amide) rings is 1. The molecule has 0 saturated carbocycles. The van der Waals surface area contributed by atoms with Crippen molar-refractivity contribution < 1.29 is 46.3 Å². The fraction of sp³-hybridized carbons (Fsp3) is 0.407. The highest BCUT2D eigenvalue weighted by atomic mass is 32.3. The van der Waals surface area contributed by atoms with Gasteiger partial charge < -0.3 is 20.4 Å². The maximum atomic E-state index is 13.3. The Hall–Kier alpha value is -4.19. The summed E-state index contributed by atoms with van der Waals surface area (Å²) < 4.78 is 41.1. The topological polar surface area (TPSA) is 221 Å². The molecule has 1 aromatic carbocycles. The summed E-state index contributed by atoms with van der Waals surface area (Å²) in [5.74, 6) is -3.76. The lowest BCUT2D eigenvalue weighted by Crippen LogP contribution is -2.68. The Morgan fingerprint density at radius 2 is 1.98 bits per heavy atom. The van der Waals surface area contributed by atoms with E-state index in [2.05, 4.69) is 26.3 Å². The van der Waals surface area contributed by atoms with Gasteiger partial charge in [0.25, 0.3) is 12.0 Å². The van der Waals surface area contributed by atoms with Gasteiger partial charge in [-0.3, -0.25) is 19.1 Å².